The highest BCUT2D eigenvalue weighted by Gasteiger charge is 2.08. The van der Waals surface area contributed by atoms with Crippen LogP contribution in [0.1, 0.15) is 12.5 Å². The Balaban J connectivity index is 2.22. The number of hydrogen-bond acceptors (Lipinski definition) is 5. The van der Waals surface area contributed by atoms with Crippen LogP contribution in [0.4, 0.5) is 5.82 Å². The third kappa shape index (κ3) is 1.98. The molecule has 2 aromatic heterocycles. The zero-order valence-electron chi connectivity index (χ0n) is 9.07. The predicted octanol–water partition coefficient (Wildman–Crippen LogP) is 0.0105. The van der Waals surface area contributed by atoms with Gasteiger partial charge in [-0.25, -0.2) is 9.97 Å². The number of nitrogens with zero attached hydrogens (tertiary/aromatic N) is 2. The van der Waals surface area contributed by atoms with Crippen LogP contribution >= 0.6 is 0 Å². The Hall–Kier alpha value is -1.66. The van der Waals surface area contributed by atoms with E-state index in [1.807, 2.05) is 13.1 Å². The maximum atomic E-state index is 8.90. The number of hydrogen-bond donors (Lipinski definition) is 4. The van der Waals surface area contributed by atoms with Gasteiger partial charge in [-0.1, -0.05) is 0 Å². The molecule has 0 aliphatic carbocycles. The summed E-state index contributed by atoms with van der Waals surface area (Å²) >= 11 is 0. The van der Waals surface area contributed by atoms with E-state index in [4.69, 9.17) is 10.8 Å². The van der Waals surface area contributed by atoms with E-state index in [-0.39, 0.29) is 12.6 Å². The Labute approximate surface area is 92.9 Å². The Morgan fingerprint density at radius 1 is 1.56 bits per heavy atom. The number of aliphatic hydroxyl groups excluding tert-OH is 1. The largest absolute Gasteiger partial charge is 0.395 e. The number of H-pyrrole nitrogens is 1. The molecule has 2 aromatic rings. The Kier molecular flexibility index (Phi) is 3.02. The molecule has 0 aliphatic heterocycles. The summed E-state index contributed by atoms with van der Waals surface area (Å²) in [5.41, 5.74) is 8.31. The van der Waals surface area contributed by atoms with Crippen molar-refractivity contribution in [2.45, 2.75) is 19.5 Å². The molecule has 0 saturated carbocycles. The SMILES string of the molecule is CC(CO)NCc1c[nH]c2c(N)ncnc12. The molecule has 16 heavy (non-hydrogen) atoms. The van der Waals surface area contributed by atoms with Gasteiger partial charge in [0, 0.05) is 24.3 Å². The molecule has 1 unspecified atom stereocenters. The van der Waals surface area contributed by atoms with Crippen LogP contribution in [-0.2, 0) is 6.54 Å². The number of anilines is 1. The molecule has 0 spiro atoms. The minimum Gasteiger partial charge on any atom is -0.395 e. The average Bonchev–Trinajstić information content (AvgIpc) is 2.70. The van der Waals surface area contributed by atoms with Crippen molar-refractivity contribution in [3.05, 3.63) is 18.1 Å². The quantitative estimate of drug-likeness (QED) is 0.583. The zero-order chi connectivity index (χ0) is 11.5. The van der Waals surface area contributed by atoms with Gasteiger partial charge >= 0.3 is 0 Å². The van der Waals surface area contributed by atoms with Crippen molar-refractivity contribution >= 4 is 16.9 Å². The van der Waals surface area contributed by atoms with Gasteiger partial charge in [-0.05, 0) is 6.92 Å². The lowest BCUT2D eigenvalue weighted by molar-refractivity contribution is 0.251. The van der Waals surface area contributed by atoms with Gasteiger partial charge in [0.15, 0.2) is 5.82 Å². The summed E-state index contributed by atoms with van der Waals surface area (Å²) in [5.74, 6) is 0.450. The summed E-state index contributed by atoms with van der Waals surface area (Å²) in [6.45, 7) is 2.66. The van der Waals surface area contributed by atoms with Crippen LogP contribution in [0.25, 0.3) is 11.0 Å². The first-order chi connectivity index (χ1) is 7.72. The maximum Gasteiger partial charge on any atom is 0.151 e. The van der Waals surface area contributed by atoms with Crippen LogP contribution in [0.2, 0.25) is 0 Å². The molecule has 0 aromatic carbocycles. The standard InChI is InChI=1S/C10H15N5O/c1-6(4-16)12-2-7-3-13-9-8(7)14-5-15-10(9)11/h3,5-6,12-13,16H,2,4H2,1H3,(H2,11,14,15). The van der Waals surface area contributed by atoms with Crippen molar-refractivity contribution in [3.8, 4) is 0 Å². The second-order valence-corrected chi connectivity index (χ2v) is 3.76. The number of rotatable bonds is 4. The summed E-state index contributed by atoms with van der Waals surface area (Å²) in [5, 5.41) is 12.1. The van der Waals surface area contributed by atoms with Crippen molar-refractivity contribution in [1.82, 2.24) is 20.3 Å². The summed E-state index contributed by atoms with van der Waals surface area (Å²) in [6.07, 6.45) is 3.30. The molecule has 86 valence electrons. The molecule has 0 radical (unpaired) electrons. The molecule has 2 heterocycles. The molecule has 0 saturated heterocycles. The third-order valence-corrected chi connectivity index (χ3v) is 2.49. The molecule has 0 aliphatic rings. The highest BCUT2D eigenvalue weighted by atomic mass is 16.3. The maximum absolute atomic E-state index is 8.90. The first kappa shape index (κ1) is 10.8. The van der Waals surface area contributed by atoms with Crippen LogP contribution in [0.3, 0.4) is 0 Å². The van der Waals surface area contributed by atoms with Crippen LogP contribution in [-0.4, -0.2) is 32.7 Å². The van der Waals surface area contributed by atoms with E-state index in [9.17, 15) is 0 Å². The number of fused-ring (bicyclic) bond motifs is 1. The second kappa shape index (κ2) is 4.46. The van der Waals surface area contributed by atoms with Crippen LogP contribution in [0, 0.1) is 0 Å². The first-order valence-corrected chi connectivity index (χ1v) is 5.13. The van der Waals surface area contributed by atoms with Crippen molar-refractivity contribution in [2.75, 3.05) is 12.3 Å². The van der Waals surface area contributed by atoms with E-state index in [1.54, 1.807) is 0 Å². The number of nitrogen functional groups attached to an aromatic ring is 1. The van der Waals surface area contributed by atoms with E-state index in [0.29, 0.717) is 12.4 Å². The van der Waals surface area contributed by atoms with Gasteiger partial charge < -0.3 is 21.1 Å². The van der Waals surface area contributed by atoms with E-state index in [1.165, 1.54) is 6.33 Å². The number of nitrogens with one attached hydrogen (secondary N) is 2. The average molecular weight is 221 g/mol. The summed E-state index contributed by atoms with van der Waals surface area (Å²) in [6, 6.07) is 0.0594. The predicted molar refractivity (Wildman–Crippen MR) is 61.7 cm³/mol. The van der Waals surface area contributed by atoms with Crippen molar-refractivity contribution in [1.29, 1.82) is 0 Å². The lowest BCUT2D eigenvalue weighted by Crippen LogP contribution is -2.28. The van der Waals surface area contributed by atoms with Crippen LogP contribution < -0.4 is 11.1 Å². The summed E-state index contributed by atoms with van der Waals surface area (Å²) in [7, 11) is 0. The molecule has 0 amide bonds. The van der Waals surface area contributed by atoms with Crippen molar-refractivity contribution < 1.29 is 5.11 Å². The third-order valence-electron chi connectivity index (χ3n) is 2.49. The van der Waals surface area contributed by atoms with Crippen LogP contribution in [0.15, 0.2) is 12.5 Å². The molecule has 6 heteroatoms. The summed E-state index contributed by atoms with van der Waals surface area (Å²) < 4.78 is 0. The van der Waals surface area contributed by atoms with Gasteiger partial charge in [0.05, 0.1) is 12.1 Å². The van der Waals surface area contributed by atoms with Crippen LogP contribution in [0.5, 0.6) is 0 Å². The number of aromatic nitrogens is 3. The lowest BCUT2D eigenvalue weighted by atomic mass is 10.2. The van der Waals surface area contributed by atoms with Gasteiger partial charge in [-0.3, -0.25) is 0 Å². The molecule has 1 atom stereocenters. The first-order valence-electron chi connectivity index (χ1n) is 5.13. The van der Waals surface area contributed by atoms with E-state index in [0.717, 1.165) is 16.6 Å². The molecule has 0 fully saturated rings. The Morgan fingerprint density at radius 2 is 2.38 bits per heavy atom. The van der Waals surface area contributed by atoms with Gasteiger partial charge in [-0.15, -0.1) is 0 Å². The molecule has 2 rings (SSSR count). The van der Waals surface area contributed by atoms with Gasteiger partial charge in [0.25, 0.3) is 0 Å². The molecule has 5 N–H and O–H groups in total. The monoisotopic (exact) mass is 221 g/mol. The van der Waals surface area contributed by atoms with Gasteiger partial charge in [-0.2, -0.15) is 0 Å². The van der Waals surface area contributed by atoms with Gasteiger partial charge in [0.2, 0.25) is 0 Å². The molecule has 6 nitrogen and oxygen atoms in total. The van der Waals surface area contributed by atoms with Crippen molar-refractivity contribution in [3.63, 3.8) is 0 Å². The van der Waals surface area contributed by atoms with Crippen molar-refractivity contribution in [2.24, 2.45) is 0 Å². The smallest absolute Gasteiger partial charge is 0.151 e. The highest BCUT2D eigenvalue weighted by molar-refractivity contribution is 5.86. The Bertz CT molecular complexity index is 481. The minimum atomic E-state index is 0.0594. The van der Waals surface area contributed by atoms with E-state index >= 15 is 0 Å². The minimum absolute atomic E-state index is 0.0594. The number of aliphatic hydroxyl groups is 1. The van der Waals surface area contributed by atoms with E-state index < -0.39 is 0 Å². The highest BCUT2D eigenvalue weighted by Crippen LogP contribution is 2.18. The molecular formula is C10H15N5O. The fourth-order valence-corrected chi connectivity index (χ4v) is 1.50. The fraction of sp³-hybridized carbons (Fsp3) is 0.400. The van der Waals surface area contributed by atoms with E-state index in [2.05, 4.69) is 20.3 Å². The second-order valence-electron chi connectivity index (χ2n) is 3.76. The fourth-order valence-electron chi connectivity index (χ4n) is 1.50. The number of aromatic amines is 1. The molecular weight excluding hydrogens is 206 g/mol. The van der Waals surface area contributed by atoms with Gasteiger partial charge in [0.1, 0.15) is 11.8 Å². The number of nitrogens with two attached hydrogens (primary N) is 1. The molecule has 0 bridgehead atoms. The Morgan fingerprint density at radius 3 is 3.12 bits per heavy atom. The zero-order valence-corrected chi connectivity index (χ0v) is 9.07. The normalized spacial score (nSPS) is 13.1. The summed E-state index contributed by atoms with van der Waals surface area (Å²) in [4.78, 5) is 11.1. The topological polar surface area (TPSA) is 99.8 Å². The lowest BCUT2D eigenvalue weighted by Gasteiger charge is -2.09.